The molecular formula is C17H22F2O3. The molecule has 2 fully saturated rings. The van der Waals surface area contributed by atoms with Crippen LogP contribution in [0.3, 0.4) is 0 Å². The Morgan fingerprint density at radius 2 is 1.55 bits per heavy atom. The molecule has 2 aliphatic rings. The zero-order valence-electron chi connectivity index (χ0n) is 12.9. The maximum absolute atomic E-state index is 13.7. The van der Waals surface area contributed by atoms with Crippen LogP contribution < -0.4 is 0 Å². The van der Waals surface area contributed by atoms with Gasteiger partial charge in [0.2, 0.25) is 0 Å². The van der Waals surface area contributed by atoms with E-state index < -0.39 is 18.1 Å². The van der Waals surface area contributed by atoms with Crippen molar-refractivity contribution in [1.82, 2.24) is 0 Å². The average Bonchev–Trinajstić information content (AvgIpc) is 2.51. The Hall–Kier alpha value is -1.04. The van der Waals surface area contributed by atoms with Gasteiger partial charge in [-0.25, -0.2) is 0 Å². The highest BCUT2D eigenvalue weighted by atomic mass is 19.3. The Kier molecular flexibility index (Phi) is 4.48. The first-order valence-corrected chi connectivity index (χ1v) is 7.84. The molecule has 0 saturated carbocycles. The van der Waals surface area contributed by atoms with Crippen LogP contribution in [0.15, 0.2) is 24.3 Å². The molecule has 0 spiro atoms. The lowest BCUT2D eigenvalue weighted by Gasteiger charge is -2.34. The smallest absolute Gasteiger partial charge is 0.348 e. The molecular weight excluding hydrogens is 290 g/mol. The van der Waals surface area contributed by atoms with E-state index in [4.69, 9.17) is 14.2 Å². The van der Waals surface area contributed by atoms with Crippen LogP contribution in [-0.2, 0) is 14.2 Å². The minimum Gasteiger partial charge on any atom is -0.348 e. The van der Waals surface area contributed by atoms with Crippen molar-refractivity contribution in [1.29, 1.82) is 0 Å². The molecule has 0 aromatic heterocycles. The Morgan fingerprint density at radius 3 is 2.14 bits per heavy atom. The maximum atomic E-state index is 13.7. The number of benzene rings is 1. The van der Waals surface area contributed by atoms with Crippen LogP contribution in [0.5, 0.6) is 0 Å². The van der Waals surface area contributed by atoms with Gasteiger partial charge in [-0.15, -0.1) is 0 Å². The van der Waals surface area contributed by atoms with E-state index >= 15 is 0 Å². The molecule has 2 saturated heterocycles. The highest BCUT2D eigenvalue weighted by Gasteiger charge is 2.44. The summed E-state index contributed by atoms with van der Waals surface area (Å²) in [6.07, 6.45) is -2.88. The fourth-order valence-electron chi connectivity index (χ4n) is 2.83. The summed E-state index contributed by atoms with van der Waals surface area (Å²) in [6.45, 7) is 4.93. The zero-order chi connectivity index (χ0) is 15.7. The summed E-state index contributed by atoms with van der Waals surface area (Å²) in [7, 11) is 0. The van der Waals surface area contributed by atoms with Crippen LogP contribution in [0.1, 0.15) is 50.2 Å². The largest absolute Gasteiger partial charge is 0.358 e. The summed E-state index contributed by atoms with van der Waals surface area (Å²) in [6, 6.07) is 7.40. The van der Waals surface area contributed by atoms with Gasteiger partial charge < -0.3 is 14.2 Å². The summed E-state index contributed by atoms with van der Waals surface area (Å²) in [5.74, 6) is -0.329. The molecule has 1 aromatic carbocycles. The average molecular weight is 312 g/mol. The summed E-state index contributed by atoms with van der Waals surface area (Å²) in [5.41, 5.74) is 1.69. The lowest BCUT2D eigenvalue weighted by molar-refractivity contribution is -0.313. The summed E-state index contributed by atoms with van der Waals surface area (Å²) >= 11 is 0. The minimum absolute atomic E-state index is 0.362. The standard InChI is InChI=1S/C17H22F2O3/c1-11-9-20-16(21-10-11)14-6-4-13(5-7-14)15-8-3-12(2)17(18,19)22-15/h4-7,11-12,15-16H,3,8-10H2,1-2H3. The van der Waals surface area contributed by atoms with E-state index in [0.29, 0.717) is 32.0 Å². The highest BCUT2D eigenvalue weighted by Crippen LogP contribution is 2.42. The Balaban J connectivity index is 1.67. The van der Waals surface area contributed by atoms with Gasteiger partial charge in [-0.05, 0) is 18.4 Å². The first-order valence-electron chi connectivity index (χ1n) is 7.84. The fraction of sp³-hybridized carbons (Fsp3) is 0.647. The Labute approximate surface area is 129 Å². The lowest BCUT2D eigenvalue weighted by atomic mass is 9.94. The number of rotatable bonds is 2. The summed E-state index contributed by atoms with van der Waals surface area (Å²) in [4.78, 5) is 0. The van der Waals surface area contributed by atoms with E-state index in [2.05, 4.69) is 6.92 Å². The van der Waals surface area contributed by atoms with Crippen molar-refractivity contribution < 1.29 is 23.0 Å². The third-order valence-electron chi connectivity index (χ3n) is 4.38. The van der Waals surface area contributed by atoms with Crippen LogP contribution in [-0.4, -0.2) is 19.3 Å². The van der Waals surface area contributed by atoms with Gasteiger partial charge in [-0.3, -0.25) is 0 Å². The van der Waals surface area contributed by atoms with Crippen LogP contribution in [0.25, 0.3) is 0 Å². The predicted molar refractivity (Wildman–Crippen MR) is 77.4 cm³/mol. The van der Waals surface area contributed by atoms with E-state index in [0.717, 1.165) is 11.1 Å². The number of hydrogen-bond donors (Lipinski definition) is 0. The first kappa shape index (κ1) is 15.8. The van der Waals surface area contributed by atoms with Gasteiger partial charge in [-0.1, -0.05) is 38.1 Å². The molecule has 0 radical (unpaired) electrons. The van der Waals surface area contributed by atoms with E-state index in [-0.39, 0.29) is 6.29 Å². The topological polar surface area (TPSA) is 27.7 Å². The van der Waals surface area contributed by atoms with Crippen molar-refractivity contribution in [2.45, 2.75) is 45.2 Å². The molecule has 122 valence electrons. The second-order valence-electron chi connectivity index (χ2n) is 6.42. The second kappa shape index (κ2) is 6.22. The molecule has 3 nitrogen and oxygen atoms in total. The summed E-state index contributed by atoms with van der Waals surface area (Å²) < 4.78 is 43.6. The molecule has 3 rings (SSSR count). The molecule has 0 amide bonds. The number of hydrogen-bond acceptors (Lipinski definition) is 3. The quantitative estimate of drug-likeness (QED) is 0.807. The van der Waals surface area contributed by atoms with E-state index in [9.17, 15) is 8.78 Å². The van der Waals surface area contributed by atoms with Crippen LogP contribution >= 0.6 is 0 Å². The zero-order valence-corrected chi connectivity index (χ0v) is 12.9. The van der Waals surface area contributed by atoms with E-state index in [1.165, 1.54) is 6.92 Å². The lowest BCUT2D eigenvalue weighted by Crippen LogP contribution is -2.36. The van der Waals surface area contributed by atoms with Gasteiger partial charge in [0.1, 0.15) is 0 Å². The predicted octanol–water partition coefficient (Wildman–Crippen LogP) is 4.45. The minimum atomic E-state index is -3.05. The molecule has 0 aliphatic carbocycles. The number of halogens is 2. The molecule has 2 heterocycles. The third kappa shape index (κ3) is 3.31. The van der Waals surface area contributed by atoms with E-state index in [1.54, 1.807) is 0 Å². The van der Waals surface area contributed by atoms with Crippen molar-refractivity contribution >= 4 is 0 Å². The first-order chi connectivity index (χ1) is 10.5. The molecule has 1 aromatic rings. The third-order valence-corrected chi connectivity index (χ3v) is 4.38. The molecule has 0 N–H and O–H groups in total. The van der Waals surface area contributed by atoms with Gasteiger partial charge in [0, 0.05) is 17.4 Å². The maximum Gasteiger partial charge on any atom is 0.358 e. The van der Waals surface area contributed by atoms with Crippen molar-refractivity contribution in [3.63, 3.8) is 0 Å². The van der Waals surface area contributed by atoms with Crippen LogP contribution in [0, 0.1) is 11.8 Å². The van der Waals surface area contributed by atoms with E-state index in [1.807, 2.05) is 24.3 Å². The SMILES string of the molecule is CC1COC(c2ccc(C3CCC(C)C(F)(F)O3)cc2)OC1. The molecule has 2 unspecified atom stereocenters. The fourth-order valence-corrected chi connectivity index (χ4v) is 2.83. The molecule has 5 heteroatoms. The van der Waals surface area contributed by atoms with Gasteiger partial charge in [0.05, 0.1) is 19.3 Å². The molecule has 2 atom stereocenters. The summed E-state index contributed by atoms with van der Waals surface area (Å²) in [5, 5.41) is 0. The van der Waals surface area contributed by atoms with Gasteiger partial charge in [-0.2, -0.15) is 8.78 Å². The highest BCUT2D eigenvalue weighted by molar-refractivity contribution is 5.25. The number of ether oxygens (including phenoxy) is 3. The van der Waals surface area contributed by atoms with Gasteiger partial charge in [0.15, 0.2) is 6.29 Å². The Morgan fingerprint density at radius 1 is 0.955 bits per heavy atom. The Bertz CT molecular complexity index is 495. The second-order valence-corrected chi connectivity index (χ2v) is 6.42. The van der Waals surface area contributed by atoms with Crippen LogP contribution in [0.2, 0.25) is 0 Å². The van der Waals surface area contributed by atoms with Gasteiger partial charge >= 0.3 is 6.11 Å². The molecule has 2 aliphatic heterocycles. The number of alkyl halides is 2. The molecule has 22 heavy (non-hydrogen) atoms. The van der Waals surface area contributed by atoms with Crippen molar-refractivity contribution in [3.05, 3.63) is 35.4 Å². The van der Waals surface area contributed by atoms with Crippen LogP contribution in [0.4, 0.5) is 8.78 Å². The molecule has 0 bridgehead atoms. The van der Waals surface area contributed by atoms with Crippen molar-refractivity contribution in [2.75, 3.05) is 13.2 Å². The van der Waals surface area contributed by atoms with Gasteiger partial charge in [0.25, 0.3) is 0 Å². The monoisotopic (exact) mass is 312 g/mol. The van der Waals surface area contributed by atoms with Crippen molar-refractivity contribution in [3.8, 4) is 0 Å². The van der Waals surface area contributed by atoms with Crippen molar-refractivity contribution in [2.24, 2.45) is 11.8 Å². The normalized spacial score (nSPS) is 35.3.